The van der Waals surface area contributed by atoms with Crippen molar-refractivity contribution in [3.63, 3.8) is 0 Å². The van der Waals surface area contributed by atoms with Gasteiger partial charge in [0.2, 0.25) is 23.7 Å². The molecule has 20 heteroatoms. The van der Waals surface area contributed by atoms with Crippen molar-refractivity contribution in [3.8, 4) is 23.3 Å². The van der Waals surface area contributed by atoms with Crippen LogP contribution >= 0.6 is 31.9 Å². The number of rotatable bonds is 10. The molecule has 6 rings (SSSR count). The molecule has 6 aromatic rings. The fraction of sp³-hybridized carbons (Fsp3) is 0.147. The van der Waals surface area contributed by atoms with Crippen LogP contribution in [-0.2, 0) is 25.4 Å². The highest BCUT2D eigenvalue weighted by Gasteiger charge is 2.37. The number of ether oxygens (including phenoxy) is 2. The number of carbonyl (C=O) groups is 1. The number of alkyl halides is 6. The topological polar surface area (TPSA) is 117 Å². The van der Waals surface area contributed by atoms with Gasteiger partial charge in [0.25, 0.3) is 0 Å². The smallest absolute Gasteiger partial charge is 0.417 e. The van der Waals surface area contributed by atoms with E-state index in [0.29, 0.717) is 17.9 Å². The minimum atomic E-state index is -4.82. The molecular weight excluding hydrogens is 868 g/mol. The number of pyridine rings is 2. The molecule has 0 aliphatic rings. The van der Waals surface area contributed by atoms with Crippen LogP contribution in [0.15, 0.2) is 107 Å². The Balaban J connectivity index is 0.000000208. The Morgan fingerprint density at radius 2 is 1.17 bits per heavy atom. The monoisotopic (exact) mass is 888 g/mol. The van der Waals surface area contributed by atoms with Gasteiger partial charge in [-0.15, -0.1) is 0 Å². The minimum absolute atomic E-state index is 0.276. The average molecular weight is 890 g/mol. The van der Waals surface area contributed by atoms with E-state index in [-0.39, 0.29) is 17.5 Å². The molecule has 0 aliphatic carbocycles. The molecular formula is C34H22Br2F8N6O4. The second-order valence-electron chi connectivity index (χ2n) is 10.9. The molecule has 282 valence electrons. The van der Waals surface area contributed by atoms with Gasteiger partial charge in [0.05, 0.1) is 60.9 Å². The van der Waals surface area contributed by atoms with Gasteiger partial charge in [-0.05, 0) is 48.5 Å². The van der Waals surface area contributed by atoms with Crippen molar-refractivity contribution in [2.75, 3.05) is 0 Å². The van der Waals surface area contributed by atoms with Crippen molar-refractivity contribution in [1.29, 1.82) is 0 Å². The summed E-state index contributed by atoms with van der Waals surface area (Å²) in [5, 5.41) is 10.2. The molecule has 1 unspecified atom stereocenters. The lowest BCUT2D eigenvalue weighted by molar-refractivity contribution is -0.139. The first-order valence-electron chi connectivity index (χ1n) is 15.0. The quantitative estimate of drug-likeness (QED) is 0.107. The molecule has 0 saturated heterocycles. The SMILES string of the molecule is O=C(Cn1cncc1F)c1cnc(Oc2ccc(Br)cc2)cc1C(F)(F)F.OC(Cn1cncc1F)c1cnc(Oc2ccc(Br)cc2)cc1C(F)(F)F. The molecule has 10 nitrogen and oxygen atoms in total. The first-order chi connectivity index (χ1) is 25.5. The molecule has 1 atom stereocenters. The van der Waals surface area contributed by atoms with E-state index >= 15 is 0 Å². The maximum absolute atomic E-state index is 13.4. The molecule has 0 spiro atoms. The zero-order valence-electron chi connectivity index (χ0n) is 26.9. The van der Waals surface area contributed by atoms with Gasteiger partial charge in [-0.3, -0.25) is 9.36 Å². The summed E-state index contributed by atoms with van der Waals surface area (Å²) in [6.07, 6.45) is -5.74. The largest absolute Gasteiger partial charge is 0.439 e. The highest BCUT2D eigenvalue weighted by Crippen LogP contribution is 2.38. The second kappa shape index (κ2) is 16.9. The van der Waals surface area contributed by atoms with E-state index in [2.05, 4.69) is 51.8 Å². The van der Waals surface area contributed by atoms with Gasteiger partial charge in [0, 0.05) is 39.0 Å². The Morgan fingerprint density at radius 3 is 1.63 bits per heavy atom. The number of aliphatic hydroxyl groups is 1. The third-order valence-electron chi connectivity index (χ3n) is 7.14. The van der Waals surface area contributed by atoms with E-state index in [4.69, 9.17) is 9.47 Å². The Labute approximate surface area is 316 Å². The van der Waals surface area contributed by atoms with Gasteiger partial charge in [0.1, 0.15) is 11.5 Å². The van der Waals surface area contributed by atoms with E-state index in [1.54, 1.807) is 48.5 Å². The predicted octanol–water partition coefficient (Wildman–Crippen LogP) is 9.60. The van der Waals surface area contributed by atoms with E-state index in [1.165, 1.54) is 0 Å². The lowest BCUT2D eigenvalue weighted by Crippen LogP contribution is -2.18. The molecule has 4 heterocycles. The van der Waals surface area contributed by atoms with E-state index < -0.39 is 71.5 Å². The van der Waals surface area contributed by atoms with Crippen LogP contribution in [0.1, 0.15) is 33.2 Å². The molecule has 0 bridgehead atoms. The Bertz CT molecular complexity index is 2210. The van der Waals surface area contributed by atoms with Crippen molar-refractivity contribution < 1.29 is 54.5 Å². The van der Waals surface area contributed by atoms with Gasteiger partial charge >= 0.3 is 12.4 Å². The number of benzene rings is 2. The van der Waals surface area contributed by atoms with Crippen LogP contribution < -0.4 is 9.47 Å². The number of carbonyl (C=O) groups excluding carboxylic acids is 1. The maximum atomic E-state index is 13.4. The van der Waals surface area contributed by atoms with Gasteiger partial charge in [0.15, 0.2) is 5.78 Å². The van der Waals surface area contributed by atoms with Crippen LogP contribution in [0.4, 0.5) is 35.1 Å². The zero-order chi connectivity index (χ0) is 39.2. The summed E-state index contributed by atoms with van der Waals surface area (Å²) in [4.78, 5) is 26.8. The van der Waals surface area contributed by atoms with Crippen molar-refractivity contribution in [2.24, 2.45) is 0 Å². The first kappa shape index (κ1) is 40.0. The highest BCUT2D eigenvalue weighted by molar-refractivity contribution is 9.10. The van der Waals surface area contributed by atoms with Gasteiger partial charge < -0.3 is 19.1 Å². The summed E-state index contributed by atoms with van der Waals surface area (Å²) < 4.78 is 121. The second-order valence-corrected chi connectivity index (χ2v) is 12.8. The van der Waals surface area contributed by atoms with E-state index in [0.717, 1.165) is 55.5 Å². The number of imidazole rings is 2. The summed E-state index contributed by atoms with van der Waals surface area (Å²) in [7, 11) is 0. The zero-order valence-corrected chi connectivity index (χ0v) is 30.0. The number of halogens is 10. The summed E-state index contributed by atoms with van der Waals surface area (Å²) in [5.74, 6) is -2.59. The van der Waals surface area contributed by atoms with E-state index in [9.17, 15) is 45.0 Å². The number of hydrogen-bond donors (Lipinski definition) is 1. The van der Waals surface area contributed by atoms with Gasteiger partial charge in [-0.25, -0.2) is 19.9 Å². The lowest BCUT2D eigenvalue weighted by Gasteiger charge is -2.18. The van der Waals surface area contributed by atoms with Crippen LogP contribution in [0, 0.1) is 11.9 Å². The standard InChI is InChI=1S/C17H12BrF4N3O2.C17H10BrF4N3O2/c2*18-10-1-3-11(4-2-10)27-16-5-13(17(20,21)22)12(6-24-16)14(26)8-25-9-23-7-15(25)19/h1-7,9,14,26H,8H2;1-7,9H,8H2. The average Bonchev–Trinajstić information content (AvgIpc) is 3.72. The molecule has 0 fully saturated rings. The molecule has 4 aromatic heterocycles. The predicted molar refractivity (Wildman–Crippen MR) is 181 cm³/mol. The van der Waals surface area contributed by atoms with Crippen LogP contribution in [0.2, 0.25) is 0 Å². The fourth-order valence-corrected chi connectivity index (χ4v) is 5.12. The first-order valence-corrected chi connectivity index (χ1v) is 16.6. The number of aliphatic hydroxyl groups excluding tert-OH is 1. The van der Waals surface area contributed by atoms with Gasteiger partial charge in [-0.1, -0.05) is 31.9 Å². The highest BCUT2D eigenvalue weighted by atomic mass is 79.9. The number of Topliss-reactive ketones (excluding diaryl/α,β-unsaturated/α-hetero) is 1. The Kier molecular flexibility index (Phi) is 12.5. The molecule has 54 heavy (non-hydrogen) atoms. The molecule has 0 amide bonds. The third-order valence-corrected chi connectivity index (χ3v) is 8.19. The Morgan fingerprint density at radius 1 is 0.704 bits per heavy atom. The molecule has 0 radical (unpaired) electrons. The molecule has 0 saturated carbocycles. The Hall–Kier alpha value is -5.21. The normalized spacial score (nSPS) is 12.1. The van der Waals surface area contributed by atoms with Gasteiger partial charge in [-0.2, -0.15) is 35.1 Å². The molecule has 0 aliphatic heterocycles. The summed E-state index contributed by atoms with van der Waals surface area (Å²) in [6, 6.07) is 14.2. The number of hydrogen-bond acceptors (Lipinski definition) is 8. The van der Waals surface area contributed by atoms with Crippen molar-refractivity contribution in [3.05, 3.63) is 141 Å². The lowest BCUT2D eigenvalue weighted by atomic mass is 10.0. The van der Waals surface area contributed by atoms with Crippen molar-refractivity contribution >= 4 is 37.6 Å². The number of nitrogens with zero attached hydrogens (tertiary/aromatic N) is 6. The fourth-order valence-electron chi connectivity index (χ4n) is 4.59. The maximum Gasteiger partial charge on any atom is 0.417 e. The van der Waals surface area contributed by atoms with Crippen molar-refractivity contribution in [2.45, 2.75) is 31.5 Å². The molecule has 2 aromatic carbocycles. The minimum Gasteiger partial charge on any atom is -0.439 e. The summed E-state index contributed by atoms with van der Waals surface area (Å²) >= 11 is 6.48. The number of aromatic nitrogens is 6. The van der Waals surface area contributed by atoms with Crippen LogP contribution in [0.3, 0.4) is 0 Å². The van der Waals surface area contributed by atoms with Crippen LogP contribution in [0.5, 0.6) is 23.3 Å². The number of ketones is 1. The third kappa shape index (κ3) is 10.5. The summed E-state index contributed by atoms with van der Waals surface area (Å²) in [5.41, 5.74) is -3.50. The van der Waals surface area contributed by atoms with Crippen LogP contribution in [-0.4, -0.2) is 40.0 Å². The van der Waals surface area contributed by atoms with Crippen molar-refractivity contribution in [1.82, 2.24) is 29.1 Å². The van der Waals surface area contributed by atoms with E-state index in [1.807, 2.05) is 0 Å². The molecule has 1 N–H and O–H groups in total. The summed E-state index contributed by atoms with van der Waals surface area (Å²) in [6.45, 7) is -1.08. The van der Waals surface area contributed by atoms with Crippen LogP contribution in [0.25, 0.3) is 0 Å².